The monoisotopic (exact) mass is 454 g/mol. The minimum absolute atomic E-state index is 0.0238. The smallest absolute Gasteiger partial charge is 0.261 e. The fourth-order valence-corrected chi connectivity index (χ4v) is 3.44. The van der Waals surface area contributed by atoms with Gasteiger partial charge >= 0.3 is 0 Å². The number of para-hydroxylation sites is 1. The Kier molecular flexibility index (Phi) is 9.40. The molecule has 0 unspecified atom stereocenters. The Morgan fingerprint density at radius 3 is 2.37 bits per heavy atom. The molecule has 30 heavy (non-hydrogen) atoms. The molecule has 0 aliphatic heterocycles. The maximum absolute atomic E-state index is 13.8. The first-order chi connectivity index (χ1) is 14.4. The number of nitrogens with one attached hydrogen (secondary N) is 1. The minimum Gasteiger partial charge on any atom is -0.481 e. The SMILES string of the molecule is CCCNC(=O)[C@@H](CC)N(Cc1c(Cl)cccc1Cl)C(=O)COc1ccccc1F. The molecule has 8 heteroatoms. The molecule has 0 heterocycles. The second-order valence-corrected chi connectivity index (χ2v) is 7.47. The molecule has 0 aromatic heterocycles. The summed E-state index contributed by atoms with van der Waals surface area (Å²) < 4.78 is 19.2. The standard InChI is InChI=1S/C22H25Cl2FN2O3/c1-3-12-26-22(29)19(4-2)27(13-15-16(23)8-7-9-17(15)24)21(28)14-30-20-11-6-5-10-18(20)25/h5-11,19H,3-4,12-14H2,1-2H3,(H,26,29)/t19-/m1/s1. The average Bonchev–Trinajstić information content (AvgIpc) is 2.73. The zero-order valence-corrected chi connectivity index (χ0v) is 18.5. The number of benzene rings is 2. The van der Waals surface area contributed by atoms with E-state index in [0.717, 1.165) is 6.42 Å². The Morgan fingerprint density at radius 1 is 1.10 bits per heavy atom. The average molecular weight is 455 g/mol. The minimum atomic E-state index is -0.749. The predicted molar refractivity (Wildman–Crippen MR) is 116 cm³/mol. The summed E-state index contributed by atoms with van der Waals surface area (Å²) in [6.45, 7) is 3.84. The third-order valence-electron chi connectivity index (χ3n) is 4.51. The molecule has 2 amide bonds. The van der Waals surface area contributed by atoms with Crippen molar-refractivity contribution < 1.29 is 18.7 Å². The maximum Gasteiger partial charge on any atom is 0.261 e. The number of amides is 2. The van der Waals surface area contributed by atoms with Gasteiger partial charge in [-0.25, -0.2) is 4.39 Å². The van der Waals surface area contributed by atoms with E-state index in [1.165, 1.54) is 23.1 Å². The molecule has 2 aromatic carbocycles. The van der Waals surface area contributed by atoms with Crippen LogP contribution < -0.4 is 10.1 Å². The molecule has 0 aliphatic rings. The molecule has 0 bridgehead atoms. The highest BCUT2D eigenvalue weighted by Gasteiger charge is 2.30. The van der Waals surface area contributed by atoms with E-state index in [0.29, 0.717) is 28.6 Å². The molecule has 1 N–H and O–H groups in total. The Morgan fingerprint density at radius 2 is 1.77 bits per heavy atom. The third-order valence-corrected chi connectivity index (χ3v) is 5.22. The third kappa shape index (κ3) is 6.34. The maximum atomic E-state index is 13.8. The van der Waals surface area contributed by atoms with Gasteiger partial charge in [-0.05, 0) is 37.1 Å². The number of halogens is 3. The summed E-state index contributed by atoms with van der Waals surface area (Å²) in [7, 11) is 0. The van der Waals surface area contributed by atoms with Gasteiger partial charge in [0.15, 0.2) is 18.2 Å². The van der Waals surface area contributed by atoms with Crippen LogP contribution in [-0.2, 0) is 16.1 Å². The van der Waals surface area contributed by atoms with Crippen LogP contribution in [0.4, 0.5) is 4.39 Å². The first kappa shape index (κ1) is 24.0. The summed E-state index contributed by atoms with van der Waals surface area (Å²) in [5.41, 5.74) is 0.529. The summed E-state index contributed by atoms with van der Waals surface area (Å²) in [6.07, 6.45) is 1.14. The molecule has 0 aliphatic carbocycles. The second kappa shape index (κ2) is 11.8. The van der Waals surface area contributed by atoms with Crippen molar-refractivity contribution in [3.8, 4) is 5.75 Å². The van der Waals surface area contributed by atoms with Gasteiger partial charge in [0.25, 0.3) is 5.91 Å². The lowest BCUT2D eigenvalue weighted by atomic mass is 10.1. The summed E-state index contributed by atoms with van der Waals surface area (Å²) in [5.74, 6) is -1.36. The molecule has 2 rings (SSSR count). The molecule has 2 aromatic rings. The number of carbonyl (C=O) groups excluding carboxylic acids is 2. The number of hydrogen-bond donors (Lipinski definition) is 1. The largest absolute Gasteiger partial charge is 0.481 e. The highest BCUT2D eigenvalue weighted by molar-refractivity contribution is 6.36. The first-order valence-corrected chi connectivity index (χ1v) is 10.5. The molecule has 0 saturated carbocycles. The lowest BCUT2D eigenvalue weighted by Crippen LogP contribution is -2.50. The van der Waals surface area contributed by atoms with Crippen LogP contribution in [0.1, 0.15) is 32.3 Å². The Hall–Kier alpha value is -2.31. The first-order valence-electron chi connectivity index (χ1n) is 9.76. The molecule has 5 nitrogen and oxygen atoms in total. The molecule has 0 saturated heterocycles. The zero-order chi connectivity index (χ0) is 22.1. The van der Waals surface area contributed by atoms with Gasteiger partial charge in [0.1, 0.15) is 6.04 Å². The normalized spacial score (nSPS) is 11.6. The fraction of sp³-hybridized carbons (Fsp3) is 0.364. The van der Waals surface area contributed by atoms with E-state index < -0.39 is 24.4 Å². The topological polar surface area (TPSA) is 58.6 Å². The number of carbonyl (C=O) groups is 2. The molecule has 0 fully saturated rings. The summed E-state index contributed by atoms with van der Waals surface area (Å²) in [4.78, 5) is 27.1. The second-order valence-electron chi connectivity index (χ2n) is 6.66. The fourth-order valence-electron chi connectivity index (χ4n) is 2.92. The van der Waals surface area contributed by atoms with Gasteiger partial charge in [-0.1, -0.05) is 55.2 Å². The number of ether oxygens (including phenoxy) is 1. The van der Waals surface area contributed by atoms with Crippen molar-refractivity contribution in [3.05, 3.63) is 63.9 Å². The van der Waals surface area contributed by atoms with Crippen molar-refractivity contribution in [2.24, 2.45) is 0 Å². The van der Waals surface area contributed by atoms with Gasteiger partial charge in [0.05, 0.1) is 0 Å². The van der Waals surface area contributed by atoms with Crippen LogP contribution >= 0.6 is 23.2 Å². The zero-order valence-electron chi connectivity index (χ0n) is 17.0. The molecule has 162 valence electrons. The molecule has 0 radical (unpaired) electrons. The highest BCUT2D eigenvalue weighted by Crippen LogP contribution is 2.27. The van der Waals surface area contributed by atoms with E-state index in [-0.39, 0.29) is 18.2 Å². The van der Waals surface area contributed by atoms with Gasteiger partial charge in [0, 0.05) is 28.7 Å². The van der Waals surface area contributed by atoms with E-state index in [1.807, 2.05) is 13.8 Å². The van der Waals surface area contributed by atoms with Crippen LogP contribution in [0.5, 0.6) is 5.75 Å². The van der Waals surface area contributed by atoms with Gasteiger partial charge in [-0.2, -0.15) is 0 Å². The van der Waals surface area contributed by atoms with Crippen molar-refractivity contribution in [1.82, 2.24) is 10.2 Å². The van der Waals surface area contributed by atoms with E-state index in [4.69, 9.17) is 27.9 Å². The van der Waals surface area contributed by atoms with Crippen molar-refractivity contribution in [3.63, 3.8) is 0 Å². The quantitative estimate of drug-likeness (QED) is 0.558. The highest BCUT2D eigenvalue weighted by atomic mass is 35.5. The van der Waals surface area contributed by atoms with Crippen LogP contribution in [0.25, 0.3) is 0 Å². The predicted octanol–water partition coefficient (Wildman–Crippen LogP) is 4.84. The van der Waals surface area contributed by atoms with Crippen LogP contribution in [0.3, 0.4) is 0 Å². The van der Waals surface area contributed by atoms with Crippen LogP contribution in [0.2, 0.25) is 10.0 Å². The number of nitrogens with zero attached hydrogens (tertiary/aromatic N) is 1. The molecular formula is C22H25Cl2FN2O3. The van der Waals surface area contributed by atoms with E-state index in [9.17, 15) is 14.0 Å². The summed E-state index contributed by atoms with van der Waals surface area (Å²) >= 11 is 12.6. The van der Waals surface area contributed by atoms with E-state index >= 15 is 0 Å². The van der Waals surface area contributed by atoms with Crippen molar-refractivity contribution in [2.45, 2.75) is 39.3 Å². The Labute approximate surface area is 186 Å². The van der Waals surface area contributed by atoms with E-state index in [2.05, 4.69) is 5.32 Å². The van der Waals surface area contributed by atoms with Gasteiger partial charge in [0.2, 0.25) is 5.91 Å². The number of hydrogen-bond acceptors (Lipinski definition) is 3. The van der Waals surface area contributed by atoms with Crippen LogP contribution in [0.15, 0.2) is 42.5 Å². The Balaban J connectivity index is 2.27. The Bertz CT molecular complexity index is 859. The van der Waals surface area contributed by atoms with Crippen molar-refractivity contribution >= 4 is 35.0 Å². The summed E-state index contributed by atoms with van der Waals surface area (Å²) in [5, 5.41) is 3.59. The van der Waals surface area contributed by atoms with Crippen molar-refractivity contribution in [2.75, 3.05) is 13.2 Å². The van der Waals surface area contributed by atoms with Gasteiger partial charge < -0.3 is 15.0 Å². The molecular weight excluding hydrogens is 430 g/mol. The molecule has 0 spiro atoms. The summed E-state index contributed by atoms with van der Waals surface area (Å²) in [6, 6.07) is 10.1. The van der Waals surface area contributed by atoms with Crippen LogP contribution in [-0.4, -0.2) is 35.9 Å². The van der Waals surface area contributed by atoms with Crippen molar-refractivity contribution in [1.29, 1.82) is 0 Å². The lowest BCUT2D eigenvalue weighted by Gasteiger charge is -2.31. The molecule has 1 atom stereocenters. The van der Waals surface area contributed by atoms with Crippen LogP contribution in [0, 0.1) is 5.82 Å². The number of rotatable bonds is 10. The lowest BCUT2D eigenvalue weighted by molar-refractivity contribution is -0.143. The van der Waals surface area contributed by atoms with E-state index in [1.54, 1.807) is 24.3 Å². The van der Waals surface area contributed by atoms with Gasteiger partial charge in [-0.15, -0.1) is 0 Å². The van der Waals surface area contributed by atoms with Gasteiger partial charge in [-0.3, -0.25) is 9.59 Å².